The van der Waals surface area contributed by atoms with Crippen LogP contribution in [0.15, 0.2) is 30.3 Å². The zero-order valence-electron chi connectivity index (χ0n) is 16.2. The summed E-state index contributed by atoms with van der Waals surface area (Å²) in [6.45, 7) is 1.93. The molecular formula is C20H24F3N5O. The molecule has 1 aromatic heterocycles. The molecule has 9 heteroatoms. The number of anilines is 3. The van der Waals surface area contributed by atoms with E-state index in [1.165, 1.54) is 7.05 Å². The highest BCUT2D eigenvalue weighted by Gasteiger charge is 2.46. The van der Waals surface area contributed by atoms with E-state index in [9.17, 15) is 18.0 Å². The van der Waals surface area contributed by atoms with Crippen LogP contribution in [0.5, 0.6) is 0 Å². The number of nitrogens with zero attached hydrogens (tertiary/aromatic N) is 1. The van der Waals surface area contributed by atoms with Gasteiger partial charge in [-0.2, -0.15) is 0 Å². The van der Waals surface area contributed by atoms with Gasteiger partial charge in [0.1, 0.15) is 5.82 Å². The highest BCUT2D eigenvalue weighted by atomic mass is 19.3. The molecule has 2 aromatic rings. The summed E-state index contributed by atoms with van der Waals surface area (Å²) in [4.78, 5) is 15.9. The molecule has 1 aromatic carbocycles. The number of pyridine rings is 1. The number of aryl methyl sites for hydroxylation is 1. The Labute approximate surface area is 167 Å². The number of alkyl halides is 2. The van der Waals surface area contributed by atoms with Gasteiger partial charge in [-0.05, 0) is 45.0 Å². The minimum absolute atomic E-state index is 0.0498. The van der Waals surface area contributed by atoms with Crippen molar-refractivity contribution < 1.29 is 18.0 Å². The van der Waals surface area contributed by atoms with Gasteiger partial charge in [0.05, 0.1) is 11.6 Å². The lowest BCUT2D eigenvalue weighted by Gasteiger charge is -2.38. The van der Waals surface area contributed by atoms with Gasteiger partial charge in [-0.1, -0.05) is 17.7 Å². The molecule has 1 aliphatic carbocycles. The maximum absolute atomic E-state index is 14.6. The lowest BCUT2D eigenvalue weighted by molar-refractivity contribution is -0.0654. The molecule has 1 amide bonds. The Morgan fingerprint density at radius 1 is 1.24 bits per heavy atom. The van der Waals surface area contributed by atoms with Crippen LogP contribution in [0.4, 0.5) is 30.5 Å². The molecule has 0 saturated heterocycles. The van der Waals surface area contributed by atoms with Crippen molar-refractivity contribution in [2.75, 3.05) is 17.7 Å². The Hall–Kier alpha value is -2.81. The van der Waals surface area contributed by atoms with Crippen molar-refractivity contribution in [2.24, 2.45) is 5.73 Å². The van der Waals surface area contributed by atoms with E-state index in [2.05, 4.69) is 20.9 Å². The number of halogens is 3. The molecule has 0 bridgehead atoms. The van der Waals surface area contributed by atoms with Crippen LogP contribution in [0, 0.1) is 12.7 Å². The topological polar surface area (TPSA) is 92.1 Å². The first kappa shape index (κ1) is 20.9. The van der Waals surface area contributed by atoms with Crippen LogP contribution in [-0.4, -0.2) is 35.9 Å². The van der Waals surface area contributed by atoms with Gasteiger partial charge in [0.2, 0.25) is 0 Å². The summed E-state index contributed by atoms with van der Waals surface area (Å²) >= 11 is 0. The van der Waals surface area contributed by atoms with Crippen LogP contribution in [0.3, 0.4) is 0 Å². The fourth-order valence-corrected chi connectivity index (χ4v) is 3.56. The lowest BCUT2D eigenvalue weighted by atomic mass is 9.87. The number of carbonyl (C=O) groups is 1. The number of primary amides is 1. The van der Waals surface area contributed by atoms with Crippen molar-refractivity contribution in [3.05, 3.63) is 47.3 Å². The minimum atomic E-state index is -2.92. The van der Waals surface area contributed by atoms with Gasteiger partial charge in [0.15, 0.2) is 11.6 Å². The molecule has 2 atom stereocenters. The summed E-state index contributed by atoms with van der Waals surface area (Å²) < 4.78 is 43.0. The molecule has 6 nitrogen and oxygen atoms in total. The van der Waals surface area contributed by atoms with Crippen molar-refractivity contribution >= 4 is 23.2 Å². The van der Waals surface area contributed by atoms with E-state index in [4.69, 9.17) is 5.73 Å². The maximum atomic E-state index is 14.6. The van der Waals surface area contributed by atoms with Crippen LogP contribution in [0.1, 0.15) is 35.2 Å². The molecule has 0 aliphatic heterocycles. The first-order chi connectivity index (χ1) is 13.7. The molecule has 1 heterocycles. The quantitative estimate of drug-likeness (QED) is 0.588. The van der Waals surface area contributed by atoms with Crippen LogP contribution < -0.4 is 21.7 Å². The second-order valence-corrected chi connectivity index (χ2v) is 7.24. The summed E-state index contributed by atoms with van der Waals surface area (Å²) in [5, 5.41) is 8.35. The van der Waals surface area contributed by atoms with E-state index >= 15 is 0 Å². The minimum Gasteiger partial charge on any atom is -0.365 e. The molecular weight excluding hydrogens is 383 g/mol. The lowest BCUT2D eigenvalue weighted by Crippen LogP contribution is -2.56. The van der Waals surface area contributed by atoms with Gasteiger partial charge >= 0.3 is 0 Å². The van der Waals surface area contributed by atoms with Crippen LogP contribution in [-0.2, 0) is 0 Å². The highest BCUT2D eigenvalue weighted by molar-refractivity contribution is 5.98. The SMILES string of the molecule is CNC1C(Nc2nc(Nc3ccc(C)cc3)c(C(N)=O)cc2F)CCCC1(F)F. The van der Waals surface area contributed by atoms with Crippen molar-refractivity contribution in [2.45, 2.75) is 44.2 Å². The number of benzene rings is 1. The zero-order valence-corrected chi connectivity index (χ0v) is 16.2. The van der Waals surface area contributed by atoms with Crippen LogP contribution in [0.25, 0.3) is 0 Å². The monoisotopic (exact) mass is 407 g/mol. The normalized spacial score (nSPS) is 20.9. The Balaban J connectivity index is 1.92. The van der Waals surface area contributed by atoms with E-state index in [1.54, 1.807) is 12.1 Å². The van der Waals surface area contributed by atoms with E-state index in [-0.39, 0.29) is 23.6 Å². The molecule has 3 rings (SSSR count). The Morgan fingerprint density at radius 3 is 2.55 bits per heavy atom. The van der Waals surface area contributed by atoms with Gasteiger partial charge in [-0.15, -0.1) is 0 Å². The van der Waals surface area contributed by atoms with Gasteiger partial charge in [-0.3, -0.25) is 4.79 Å². The number of amides is 1. The fourth-order valence-electron chi connectivity index (χ4n) is 3.56. The predicted molar refractivity (Wildman–Crippen MR) is 106 cm³/mol. The third-order valence-corrected chi connectivity index (χ3v) is 5.07. The van der Waals surface area contributed by atoms with Crippen molar-refractivity contribution in [3.8, 4) is 0 Å². The number of nitrogens with one attached hydrogen (secondary N) is 3. The molecule has 29 heavy (non-hydrogen) atoms. The molecule has 5 N–H and O–H groups in total. The van der Waals surface area contributed by atoms with Crippen LogP contribution >= 0.6 is 0 Å². The number of rotatable bonds is 6. The summed E-state index contributed by atoms with van der Waals surface area (Å²) in [5.74, 6) is -4.77. The molecule has 0 spiro atoms. The maximum Gasteiger partial charge on any atom is 0.265 e. The molecule has 1 aliphatic rings. The van der Waals surface area contributed by atoms with Crippen LogP contribution in [0.2, 0.25) is 0 Å². The van der Waals surface area contributed by atoms with E-state index in [0.29, 0.717) is 18.5 Å². The Bertz CT molecular complexity index is 888. The fraction of sp³-hybridized carbons (Fsp3) is 0.400. The smallest absolute Gasteiger partial charge is 0.265 e. The van der Waals surface area contributed by atoms with Gasteiger partial charge in [0, 0.05) is 18.2 Å². The van der Waals surface area contributed by atoms with Crippen molar-refractivity contribution in [3.63, 3.8) is 0 Å². The van der Waals surface area contributed by atoms with E-state index in [0.717, 1.165) is 11.6 Å². The molecule has 2 unspecified atom stereocenters. The number of hydrogen-bond donors (Lipinski definition) is 4. The molecule has 1 fully saturated rings. The Kier molecular flexibility index (Phi) is 5.97. The van der Waals surface area contributed by atoms with Gasteiger partial charge < -0.3 is 21.7 Å². The second-order valence-electron chi connectivity index (χ2n) is 7.24. The van der Waals surface area contributed by atoms with Gasteiger partial charge in [0.25, 0.3) is 11.8 Å². The average Bonchev–Trinajstić information content (AvgIpc) is 2.65. The number of nitrogens with two attached hydrogens (primary N) is 1. The largest absolute Gasteiger partial charge is 0.365 e. The first-order valence-electron chi connectivity index (χ1n) is 9.37. The number of likely N-dealkylation sites (N-methyl/N-ethyl adjacent to an activating group) is 1. The highest BCUT2D eigenvalue weighted by Crippen LogP contribution is 2.35. The predicted octanol–water partition coefficient (Wildman–Crippen LogP) is 3.56. The third-order valence-electron chi connectivity index (χ3n) is 5.07. The first-order valence-corrected chi connectivity index (χ1v) is 9.37. The standard InChI is InChI=1S/C20H24F3N5O/c1-11-5-7-12(8-6-11)26-18-13(17(24)29)10-14(21)19(28-18)27-15-4-3-9-20(22,23)16(15)25-2/h5-8,10,15-16,25H,3-4,9H2,1-2H3,(H2,24,29)(H2,26,27,28). The van der Waals surface area contributed by atoms with E-state index < -0.39 is 29.7 Å². The molecule has 1 saturated carbocycles. The molecule has 0 radical (unpaired) electrons. The summed E-state index contributed by atoms with van der Waals surface area (Å²) in [6, 6.07) is 6.34. The molecule has 156 valence electrons. The summed E-state index contributed by atoms with van der Waals surface area (Å²) in [7, 11) is 1.45. The second kappa shape index (κ2) is 8.28. The summed E-state index contributed by atoms with van der Waals surface area (Å²) in [5.41, 5.74) is 6.89. The summed E-state index contributed by atoms with van der Waals surface area (Å²) in [6.07, 6.45) is 0.506. The van der Waals surface area contributed by atoms with Crippen molar-refractivity contribution in [1.82, 2.24) is 10.3 Å². The zero-order chi connectivity index (χ0) is 21.2. The number of aromatic nitrogens is 1. The van der Waals surface area contributed by atoms with Crippen molar-refractivity contribution in [1.29, 1.82) is 0 Å². The van der Waals surface area contributed by atoms with Gasteiger partial charge in [-0.25, -0.2) is 18.2 Å². The average molecular weight is 407 g/mol. The number of hydrogen-bond acceptors (Lipinski definition) is 5. The van der Waals surface area contributed by atoms with E-state index in [1.807, 2.05) is 19.1 Å². The Morgan fingerprint density at radius 2 is 1.93 bits per heavy atom. The number of carbonyl (C=O) groups excluding carboxylic acids is 1. The third kappa shape index (κ3) is 4.61.